The first kappa shape index (κ1) is 18.4. The second-order valence-electron chi connectivity index (χ2n) is 5.83. The average Bonchev–Trinajstić information content (AvgIpc) is 2.96. The van der Waals surface area contributed by atoms with Crippen LogP contribution in [0.4, 0.5) is 5.69 Å². The molecule has 2 saturated heterocycles. The van der Waals surface area contributed by atoms with Crippen LogP contribution in [0.25, 0.3) is 0 Å². The third-order valence-corrected chi connectivity index (χ3v) is 7.63. The number of amides is 1. The number of hydrogen-bond acceptors (Lipinski definition) is 5. The number of anilines is 1. The Morgan fingerprint density at radius 2 is 2.08 bits per heavy atom. The highest BCUT2D eigenvalue weighted by atomic mass is 79.9. The Kier molecular flexibility index (Phi) is 5.21. The van der Waals surface area contributed by atoms with E-state index < -0.39 is 21.7 Å². The highest BCUT2D eigenvalue weighted by molar-refractivity contribution is 9.10. The Labute approximate surface area is 157 Å². The van der Waals surface area contributed by atoms with Gasteiger partial charge in [0.15, 0.2) is 15.0 Å². The van der Waals surface area contributed by atoms with Gasteiger partial charge in [0.05, 0.1) is 24.0 Å². The number of carboxylic acids is 1. The molecular weight excluding hydrogens is 432 g/mol. The lowest BCUT2D eigenvalue weighted by molar-refractivity contribution is -0.138. The SMILES string of the molecule is O=C(O)CCC(=O)N=C1SC2CS(=O)(=O)CC2N1c1cccc(Br)c1. The van der Waals surface area contributed by atoms with Crippen LogP contribution in [-0.4, -0.2) is 53.4 Å². The molecule has 0 bridgehead atoms. The van der Waals surface area contributed by atoms with Crippen LogP contribution in [0.2, 0.25) is 0 Å². The van der Waals surface area contributed by atoms with Crippen molar-refractivity contribution in [3.8, 4) is 0 Å². The van der Waals surface area contributed by atoms with Gasteiger partial charge in [0.2, 0.25) is 5.91 Å². The molecule has 1 N–H and O–H groups in total. The molecule has 1 amide bonds. The molecule has 7 nitrogen and oxygen atoms in total. The van der Waals surface area contributed by atoms with Crippen LogP contribution < -0.4 is 4.90 Å². The molecule has 134 valence electrons. The molecule has 2 atom stereocenters. The number of sulfone groups is 1. The summed E-state index contributed by atoms with van der Waals surface area (Å²) in [6.07, 6.45) is -0.461. The van der Waals surface area contributed by atoms with Crippen LogP contribution >= 0.6 is 27.7 Å². The average molecular weight is 447 g/mol. The Hall–Kier alpha value is -1.39. The molecule has 3 rings (SSSR count). The van der Waals surface area contributed by atoms with Gasteiger partial charge in [-0.25, -0.2) is 8.42 Å². The van der Waals surface area contributed by atoms with Gasteiger partial charge in [-0.1, -0.05) is 33.8 Å². The van der Waals surface area contributed by atoms with Gasteiger partial charge in [-0.05, 0) is 18.2 Å². The van der Waals surface area contributed by atoms with E-state index in [4.69, 9.17) is 5.11 Å². The zero-order valence-corrected chi connectivity index (χ0v) is 16.2. The molecule has 2 aliphatic rings. The summed E-state index contributed by atoms with van der Waals surface area (Å²) < 4.78 is 24.8. The van der Waals surface area contributed by atoms with Crippen molar-refractivity contribution in [1.82, 2.24) is 0 Å². The van der Waals surface area contributed by atoms with Gasteiger partial charge in [-0.2, -0.15) is 4.99 Å². The predicted octanol–water partition coefficient (Wildman–Crippen LogP) is 1.92. The summed E-state index contributed by atoms with van der Waals surface area (Å²) in [7, 11) is -3.12. The predicted molar refractivity (Wildman–Crippen MR) is 99.8 cm³/mol. The summed E-state index contributed by atoms with van der Waals surface area (Å²) in [4.78, 5) is 28.4. The van der Waals surface area contributed by atoms with E-state index in [-0.39, 0.29) is 35.6 Å². The Morgan fingerprint density at radius 1 is 1.32 bits per heavy atom. The van der Waals surface area contributed by atoms with Gasteiger partial charge < -0.3 is 10.0 Å². The number of benzene rings is 1. The number of carbonyl (C=O) groups excluding carboxylic acids is 1. The van der Waals surface area contributed by atoms with Crippen LogP contribution in [0.5, 0.6) is 0 Å². The Balaban J connectivity index is 1.92. The summed E-state index contributed by atoms with van der Waals surface area (Å²) in [5, 5.41) is 8.93. The number of carbonyl (C=O) groups is 2. The molecule has 2 aliphatic heterocycles. The first-order chi connectivity index (χ1) is 11.7. The van der Waals surface area contributed by atoms with E-state index in [0.717, 1.165) is 10.2 Å². The van der Waals surface area contributed by atoms with Gasteiger partial charge >= 0.3 is 5.97 Å². The van der Waals surface area contributed by atoms with Crippen molar-refractivity contribution in [1.29, 1.82) is 0 Å². The van der Waals surface area contributed by atoms with Crippen molar-refractivity contribution < 1.29 is 23.1 Å². The molecule has 2 fully saturated rings. The smallest absolute Gasteiger partial charge is 0.303 e. The zero-order chi connectivity index (χ0) is 18.2. The number of carboxylic acid groups (broad SMARTS) is 1. The Bertz CT molecular complexity index is 855. The molecule has 25 heavy (non-hydrogen) atoms. The third-order valence-electron chi connectivity index (χ3n) is 3.93. The second-order valence-corrected chi connectivity index (χ2v) is 10.1. The first-order valence-corrected chi connectivity index (χ1v) is 11.0. The maximum Gasteiger partial charge on any atom is 0.303 e. The lowest BCUT2D eigenvalue weighted by Gasteiger charge is -2.24. The normalized spacial score (nSPS) is 26.0. The number of thioether (sulfide) groups is 1. The van der Waals surface area contributed by atoms with Crippen LogP contribution in [0, 0.1) is 0 Å². The standard InChI is InChI=1S/C15H15BrN2O5S2/c16-9-2-1-3-10(6-9)18-11-7-25(22,23)8-12(11)24-15(18)17-13(19)4-5-14(20)21/h1-3,6,11-12H,4-5,7-8H2,(H,20,21). The molecule has 1 aromatic carbocycles. The van der Waals surface area contributed by atoms with E-state index in [1.54, 1.807) is 4.90 Å². The number of amidine groups is 1. The maximum absolute atomic E-state index is 12.0. The molecule has 1 aromatic rings. The van der Waals surface area contributed by atoms with E-state index in [9.17, 15) is 18.0 Å². The van der Waals surface area contributed by atoms with E-state index in [1.165, 1.54) is 11.8 Å². The molecule has 0 radical (unpaired) electrons. The van der Waals surface area contributed by atoms with Gasteiger partial charge in [0.1, 0.15) is 0 Å². The molecule has 2 unspecified atom stereocenters. The summed E-state index contributed by atoms with van der Waals surface area (Å²) >= 11 is 4.66. The number of aliphatic carboxylic acids is 1. The quantitative estimate of drug-likeness (QED) is 0.752. The number of halogens is 1. The van der Waals surface area contributed by atoms with E-state index in [2.05, 4.69) is 20.9 Å². The summed E-state index contributed by atoms with van der Waals surface area (Å²) in [6.45, 7) is 0. The lowest BCUT2D eigenvalue weighted by atomic mass is 10.2. The van der Waals surface area contributed by atoms with Crippen molar-refractivity contribution in [2.24, 2.45) is 4.99 Å². The summed E-state index contributed by atoms with van der Waals surface area (Å²) in [6, 6.07) is 7.06. The highest BCUT2D eigenvalue weighted by Crippen LogP contribution is 2.41. The van der Waals surface area contributed by atoms with Crippen molar-refractivity contribution >= 4 is 60.3 Å². The molecule has 0 aliphatic carbocycles. The van der Waals surface area contributed by atoms with Crippen molar-refractivity contribution in [3.05, 3.63) is 28.7 Å². The van der Waals surface area contributed by atoms with Gasteiger partial charge in [-0.15, -0.1) is 0 Å². The minimum atomic E-state index is -3.12. The van der Waals surface area contributed by atoms with Crippen molar-refractivity contribution in [2.45, 2.75) is 24.1 Å². The molecule has 10 heteroatoms. The summed E-state index contributed by atoms with van der Waals surface area (Å²) in [5.74, 6) is -1.51. The highest BCUT2D eigenvalue weighted by Gasteiger charge is 2.49. The zero-order valence-electron chi connectivity index (χ0n) is 13.0. The van der Waals surface area contributed by atoms with Crippen molar-refractivity contribution in [2.75, 3.05) is 16.4 Å². The van der Waals surface area contributed by atoms with E-state index in [0.29, 0.717) is 5.17 Å². The third kappa shape index (κ3) is 4.24. The van der Waals surface area contributed by atoms with Crippen molar-refractivity contribution in [3.63, 3.8) is 0 Å². The minimum Gasteiger partial charge on any atom is -0.481 e. The molecule has 0 aromatic heterocycles. The number of fused-ring (bicyclic) bond motifs is 1. The molecule has 2 heterocycles. The topological polar surface area (TPSA) is 104 Å². The first-order valence-electron chi connectivity index (χ1n) is 7.50. The van der Waals surface area contributed by atoms with Crippen LogP contribution in [0.3, 0.4) is 0 Å². The van der Waals surface area contributed by atoms with E-state index >= 15 is 0 Å². The number of nitrogens with zero attached hydrogens (tertiary/aromatic N) is 2. The fourth-order valence-corrected chi connectivity index (χ4v) is 7.19. The maximum atomic E-state index is 12.0. The second kappa shape index (κ2) is 7.08. The molecule has 0 spiro atoms. The van der Waals surface area contributed by atoms with Crippen LogP contribution in [0.15, 0.2) is 33.7 Å². The lowest BCUT2D eigenvalue weighted by Crippen LogP contribution is -2.37. The summed E-state index contributed by atoms with van der Waals surface area (Å²) in [5.41, 5.74) is 0.747. The van der Waals surface area contributed by atoms with Gasteiger partial charge in [0, 0.05) is 21.8 Å². The molecule has 0 saturated carbocycles. The fraction of sp³-hybridized carbons (Fsp3) is 0.400. The minimum absolute atomic E-state index is 0.0134. The van der Waals surface area contributed by atoms with E-state index in [1.807, 2.05) is 24.3 Å². The van der Waals surface area contributed by atoms with Crippen LogP contribution in [-0.2, 0) is 19.4 Å². The largest absolute Gasteiger partial charge is 0.481 e. The fourth-order valence-electron chi connectivity index (χ4n) is 2.87. The number of hydrogen-bond donors (Lipinski definition) is 1. The number of aliphatic imine (C=N–C) groups is 1. The van der Waals surface area contributed by atoms with Gasteiger partial charge in [-0.3, -0.25) is 9.59 Å². The number of rotatable bonds is 4. The van der Waals surface area contributed by atoms with Gasteiger partial charge in [0.25, 0.3) is 0 Å². The Morgan fingerprint density at radius 3 is 2.76 bits per heavy atom. The molecular formula is C15H15BrN2O5S2. The monoisotopic (exact) mass is 446 g/mol. The van der Waals surface area contributed by atoms with Crippen LogP contribution in [0.1, 0.15) is 12.8 Å².